The highest BCUT2D eigenvalue weighted by atomic mass is 15.4. The van der Waals surface area contributed by atoms with Crippen LogP contribution in [0.2, 0.25) is 0 Å². The number of hydrogen-bond acceptors (Lipinski definition) is 4. The fourth-order valence-electron chi connectivity index (χ4n) is 4.18. The van der Waals surface area contributed by atoms with Crippen LogP contribution < -0.4 is 4.90 Å². The Morgan fingerprint density at radius 2 is 1.42 bits per heavy atom. The number of fused-ring (bicyclic) bond motifs is 1. The average Bonchev–Trinajstić information content (AvgIpc) is 3.17. The van der Waals surface area contributed by atoms with E-state index in [1.54, 1.807) is 0 Å². The van der Waals surface area contributed by atoms with Gasteiger partial charge in [-0.05, 0) is 26.5 Å². The highest BCUT2D eigenvalue weighted by Crippen LogP contribution is 2.32. The third kappa shape index (κ3) is 4.93. The summed E-state index contributed by atoms with van der Waals surface area (Å²) in [5.41, 5.74) is 7.58. The summed E-state index contributed by atoms with van der Waals surface area (Å²) in [5.74, 6) is 1.12. The van der Waals surface area contributed by atoms with E-state index in [0.29, 0.717) is 0 Å². The van der Waals surface area contributed by atoms with Gasteiger partial charge >= 0.3 is 0 Å². The fraction of sp³-hybridized carbons (Fsp3) is 0.357. The van der Waals surface area contributed by atoms with Crippen molar-refractivity contribution >= 4 is 11.5 Å². The number of likely N-dealkylation sites (N-methyl/N-ethyl adjacent to an activating group) is 1. The second kappa shape index (κ2) is 10.6. The lowest BCUT2D eigenvalue weighted by Gasteiger charge is -2.34. The molecule has 1 fully saturated rings. The number of anilines is 1. The van der Waals surface area contributed by atoms with Crippen LogP contribution in [0.5, 0.6) is 0 Å². The van der Waals surface area contributed by atoms with Crippen molar-refractivity contribution in [2.24, 2.45) is 0 Å². The van der Waals surface area contributed by atoms with E-state index in [-0.39, 0.29) is 7.43 Å². The van der Waals surface area contributed by atoms with Crippen LogP contribution in [0, 0.1) is 13.8 Å². The van der Waals surface area contributed by atoms with E-state index in [1.807, 2.05) is 24.4 Å². The van der Waals surface area contributed by atoms with Crippen LogP contribution >= 0.6 is 0 Å². The lowest BCUT2D eigenvalue weighted by atomic mass is 10.1. The quantitative estimate of drug-likeness (QED) is 0.384. The van der Waals surface area contributed by atoms with Crippen LogP contribution in [0.4, 0.5) is 5.82 Å². The summed E-state index contributed by atoms with van der Waals surface area (Å²) in [6, 6.07) is 21.3. The predicted octanol–water partition coefficient (Wildman–Crippen LogP) is 6.09. The van der Waals surface area contributed by atoms with Gasteiger partial charge in [-0.3, -0.25) is 0 Å². The van der Waals surface area contributed by atoms with Gasteiger partial charge in [-0.2, -0.15) is 9.61 Å². The Hall–Kier alpha value is -3.18. The van der Waals surface area contributed by atoms with Gasteiger partial charge in [-0.15, -0.1) is 0 Å². The van der Waals surface area contributed by atoms with Gasteiger partial charge in [0.05, 0.1) is 11.4 Å². The molecule has 2 aromatic carbocycles. The van der Waals surface area contributed by atoms with Crippen molar-refractivity contribution in [2.45, 2.75) is 35.1 Å². The van der Waals surface area contributed by atoms with Gasteiger partial charge in [0, 0.05) is 43.4 Å². The third-order valence-electron chi connectivity index (χ3n) is 5.98. The van der Waals surface area contributed by atoms with Crippen LogP contribution in [-0.2, 0) is 0 Å². The second-order valence-corrected chi connectivity index (χ2v) is 8.22. The summed E-state index contributed by atoms with van der Waals surface area (Å²) in [6.45, 7) is 12.3. The molecule has 174 valence electrons. The second-order valence-electron chi connectivity index (χ2n) is 8.22. The molecule has 4 aromatic rings. The van der Waals surface area contributed by atoms with E-state index in [2.05, 4.69) is 85.3 Å². The Kier molecular flexibility index (Phi) is 7.88. The molecule has 3 heterocycles. The molecule has 1 aliphatic heterocycles. The number of benzene rings is 2. The lowest BCUT2D eigenvalue weighted by molar-refractivity contribution is 0.311. The van der Waals surface area contributed by atoms with Crippen molar-refractivity contribution in [3.63, 3.8) is 0 Å². The predicted molar refractivity (Wildman–Crippen MR) is 141 cm³/mol. The molecule has 0 spiro atoms. The van der Waals surface area contributed by atoms with Crippen molar-refractivity contribution in [2.75, 3.05) is 38.1 Å². The van der Waals surface area contributed by atoms with E-state index in [9.17, 15) is 0 Å². The molecule has 2 aromatic heterocycles. The molecule has 1 saturated heterocycles. The monoisotopic (exact) mass is 443 g/mol. The first-order valence-electron chi connectivity index (χ1n) is 11.6. The smallest absolute Gasteiger partial charge is 0.166 e. The van der Waals surface area contributed by atoms with Gasteiger partial charge in [0.15, 0.2) is 5.65 Å². The van der Waals surface area contributed by atoms with Gasteiger partial charge in [0.2, 0.25) is 0 Å². The molecule has 0 unspecified atom stereocenters. The van der Waals surface area contributed by atoms with E-state index in [0.717, 1.165) is 65.7 Å². The maximum Gasteiger partial charge on any atom is 0.166 e. The molecule has 0 saturated carbocycles. The largest absolute Gasteiger partial charge is 0.354 e. The van der Waals surface area contributed by atoms with Crippen LogP contribution in [-0.4, -0.2) is 52.7 Å². The SMILES string of the molecule is C.CC.Cc1ccc(-c2cc(N3CCN(C)CC3)n3nc(C)c(-c4ccccc4)c3n2)cc1. The van der Waals surface area contributed by atoms with Crippen LogP contribution in [0.3, 0.4) is 0 Å². The molecule has 5 heteroatoms. The van der Waals surface area contributed by atoms with Crippen LogP contribution in [0.25, 0.3) is 28.0 Å². The van der Waals surface area contributed by atoms with Gasteiger partial charge in [-0.1, -0.05) is 81.4 Å². The number of nitrogens with zero attached hydrogens (tertiary/aromatic N) is 5. The Bertz CT molecular complexity index is 1170. The maximum atomic E-state index is 5.11. The number of hydrogen-bond donors (Lipinski definition) is 0. The molecule has 0 bridgehead atoms. The zero-order valence-corrected chi connectivity index (χ0v) is 19.8. The van der Waals surface area contributed by atoms with Gasteiger partial charge in [0.1, 0.15) is 5.82 Å². The molecule has 0 N–H and O–H groups in total. The molecular formula is C28H37N5. The van der Waals surface area contributed by atoms with Crippen LogP contribution in [0.15, 0.2) is 60.7 Å². The average molecular weight is 444 g/mol. The number of rotatable bonds is 3. The van der Waals surface area contributed by atoms with Crippen molar-refractivity contribution < 1.29 is 0 Å². The Morgan fingerprint density at radius 1 is 0.788 bits per heavy atom. The maximum absolute atomic E-state index is 5.11. The summed E-state index contributed by atoms with van der Waals surface area (Å²) in [5, 5.41) is 4.93. The van der Waals surface area contributed by atoms with E-state index < -0.39 is 0 Å². The Morgan fingerprint density at radius 3 is 2.06 bits per heavy atom. The van der Waals surface area contributed by atoms with E-state index >= 15 is 0 Å². The Balaban J connectivity index is 0.000000994. The lowest BCUT2D eigenvalue weighted by Crippen LogP contribution is -2.45. The molecule has 0 radical (unpaired) electrons. The first-order chi connectivity index (χ1) is 15.6. The first-order valence-corrected chi connectivity index (χ1v) is 11.6. The molecule has 0 aliphatic carbocycles. The highest BCUT2D eigenvalue weighted by Gasteiger charge is 2.22. The summed E-state index contributed by atoms with van der Waals surface area (Å²) >= 11 is 0. The van der Waals surface area contributed by atoms with Crippen molar-refractivity contribution in [1.82, 2.24) is 19.5 Å². The minimum Gasteiger partial charge on any atom is -0.354 e. The molecule has 5 rings (SSSR count). The number of aromatic nitrogens is 3. The van der Waals surface area contributed by atoms with Gasteiger partial charge < -0.3 is 9.80 Å². The highest BCUT2D eigenvalue weighted by molar-refractivity contribution is 5.82. The molecule has 1 aliphatic rings. The summed E-state index contributed by atoms with van der Waals surface area (Å²) in [4.78, 5) is 9.92. The minimum absolute atomic E-state index is 0. The first kappa shape index (κ1) is 24.5. The van der Waals surface area contributed by atoms with Gasteiger partial charge in [-0.25, -0.2) is 4.98 Å². The summed E-state index contributed by atoms with van der Waals surface area (Å²) in [7, 11) is 2.18. The van der Waals surface area contributed by atoms with E-state index in [1.165, 1.54) is 5.56 Å². The third-order valence-corrected chi connectivity index (χ3v) is 5.98. The standard InChI is InChI=1S/C25H27N5.C2H6.CH4/c1-18-9-11-20(12-10-18)22-17-23(29-15-13-28(3)14-16-29)30-25(26-22)24(19(2)27-30)21-7-5-4-6-8-21;1-2;/h4-12,17H,13-16H2,1-3H3;1-2H3;1H4. The Labute approximate surface area is 198 Å². The van der Waals surface area contributed by atoms with Crippen molar-refractivity contribution in [1.29, 1.82) is 0 Å². The summed E-state index contributed by atoms with van der Waals surface area (Å²) in [6.07, 6.45) is 0. The van der Waals surface area contributed by atoms with Crippen molar-refractivity contribution in [3.05, 3.63) is 71.9 Å². The normalized spacial score (nSPS) is 13.9. The van der Waals surface area contributed by atoms with Gasteiger partial charge in [0.25, 0.3) is 0 Å². The molecule has 0 amide bonds. The minimum atomic E-state index is 0. The van der Waals surface area contributed by atoms with E-state index in [4.69, 9.17) is 10.1 Å². The molecule has 5 nitrogen and oxygen atoms in total. The van der Waals surface area contributed by atoms with Crippen molar-refractivity contribution in [3.8, 4) is 22.4 Å². The number of piperazine rings is 1. The zero-order valence-electron chi connectivity index (χ0n) is 19.8. The zero-order chi connectivity index (χ0) is 22.7. The topological polar surface area (TPSA) is 36.7 Å². The fourth-order valence-corrected chi connectivity index (χ4v) is 4.18. The number of aryl methyl sites for hydroxylation is 2. The van der Waals surface area contributed by atoms with Crippen LogP contribution in [0.1, 0.15) is 32.5 Å². The summed E-state index contributed by atoms with van der Waals surface area (Å²) < 4.78 is 2.04. The molecule has 0 atom stereocenters. The molecule has 33 heavy (non-hydrogen) atoms. The molecular weight excluding hydrogens is 406 g/mol.